The number of alkyl halides is 3. The Balaban J connectivity index is 2.61. The van der Waals surface area contributed by atoms with E-state index in [4.69, 9.17) is 5.73 Å². The highest BCUT2D eigenvalue weighted by Crippen LogP contribution is 2.40. The molecule has 0 radical (unpaired) electrons. The van der Waals surface area contributed by atoms with E-state index < -0.39 is 33.5 Å². The molecule has 0 amide bonds. The minimum absolute atomic E-state index is 0.0298. The van der Waals surface area contributed by atoms with E-state index in [2.05, 4.69) is 0 Å². The molecule has 1 aliphatic heterocycles. The molecule has 2 atom stereocenters. The Kier molecular flexibility index (Phi) is 2.94. The van der Waals surface area contributed by atoms with Gasteiger partial charge in [0.15, 0.2) is 9.84 Å². The maximum Gasteiger partial charge on any atom is 0.416 e. The highest BCUT2D eigenvalue weighted by Gasteiger charge is 2.39. The van der Waals surface area contributed by atoms with E-state index in [9.17, 15) is 21.6 Å². The van der Waals surface area contributed by atoms with Crippen LogP contribution >= 0.6 is 0 Å². The Hall–Kier alpha value is -1.08. The zero-order chi connectivity index (χ0) is 13.7. The van der Waals surface area contributed by atoms with Crippen molar-refractivity contribution >= 4 is 9.84 Å². The van der Waals surface area contributed by atoms with E-state index in [-0.39, 0.29) is 16.2 Å². The highest BCUT2D eigenvalue weighted by molar-refractivity contribution is 7.91. The molecule has 7 heteroatoms. The van der Waals surface area contributed by atoms with Gasteiger partial charge in [-0.15, -0.1) is 0 Å². The standard InChI is InChI=1S/C11H12F3NO2S/c1-6(15)9-5-18(16,17)10-3-2-7(4-8(9)10)11(12,13)14/h2-4,6,9H,5,15H2,1H3. The SMILES string of the molecule is CC(N)C1CS(=O)(=O)c2ccc(C(F)(F)F)cc21. The molecule has 18 heavy (non-hydrogen) atoms. The third kappa shape index (κ3) is 2.12. The van der Waals surface area contributed by atoms with Crippen molar-refractivity contribution in [1.82, 2.24) is 0 Å². The Morgan fingerprint density at radius 3 is 2.50 bits per heavy atom. The van der Waals surface area contributed by atoms with Crippen LogP contribution in [0, 0.1) is 0 Å². The summed E-state index contributed by atoms with van der Waals surface area (Å²) < 4.78 is 61.4. The molecule has 1 aromatic carbocycles. The van der Waals surface area contributed by atoms with E-state index >= 15 is 0 Å². The van der Waals surface area contributed by atoms with Crippen LogP contribution in [0.15, 0.2) is 23.1 Å². The van der Waals surface area contributed by atoms with Gasteiger partial charge in [0.2, 0.25) is 0 Å². The number of benzene rings is 1. The van der Waals surface area contributed by atoms with Crippen LogP contribution in [-0.4, -0.2) is 20.2 Å². The number of rotatable bonds is 1. The van der Waals surface area contributed by atoms with Crippen LogP contribution < -0.4 is 5.73 Å². The van der Waals surface area contributed by atoms with Crippen LogP contribution in [-0.2, 0) is 16.0 Å². The second-order valence-corrected chi connectivity index (χ2v) is 6.50. The lowest BCUT2D eigenvalue weighted by Crippen LogP contribution is -2.26. The summed E-state index contributed by atoms with van der Waals surface area (Å²) in [5, 5.41) is 0. The number of hydrogen-bond donors (Lipinski definition) is 1. The zero-order valence-corrected chi connectivity index (χ0v) is 10.3. The van der Waals surface area contributed by atoms with Gasteiger partial charge in [0, 0.05) is 12.0 Å². The molecule has 1 aromatic rings. The molecule has 2 rings (SSSR count). The van der Waals surface area contributed by atoms with Crippen molar-refractivity contribution in [1.29, 1.82) is 0 Å². The fourth-order valence-corrected chi connectivity index (χ4v) is 4.13. The minimum atomic E-state index is -4.48. The summed E-state index contributed by atoms with van der Waals surface area (Å²) in [5.41, 5.74) is 4.98. The lowest BCUT2D eigenvalue weighted by atomic mass is 9.93. The Labute approximate surface area is 103 Å². The summed E-state index contributed by atoms with van der Waals surface area (Å²) in [7, 11) is -3.51. The number of nitrogens with two attached hydrogens (primary N) is 1. The van der Waals surface area contributed by atoms with Gasteiger partial charge in [-0.1, -0.05) is 0 Å². The smallest absolute Gasteiger partial charge is 0.327 e. The molecule has 0 saturated carbocycles. The first kappa shape index (κ1) is 13.4. The van der Waals surface area contributed by atoms with Crippen LogP contribution in [0.5, 0.6) is 0 Å². The molecule has 0 saturated heterocycles. The number of hydrogen-bond acceptors (Lipinski definition) is 3. The van der Waals surface area contributed by atoms with Crippen molar-refractivity contribution in [2.24, 2.45) is 5.73 Å². The second kappa shape index (κ2) is 3.96. The van der Waals surface area contributed by atoms with E-state index in [0.717, 1.165) is 18.2 Å². The Morgan fingerprint density at radius 2 is 2.00 bits per heavy atom. The van der Waals surface area contributed by atoms with Gasteiger partial charge in [0.25, 0.3) is 0 Å². The topological polar surface area (TPSA) is 60.2 Å². The van der Waals surface area contributed by atoms with Gasteiger partial charge >= 0.3 is 6.18 Å². The van der Waals surface area contributed by atoms with Crippen LogP contribution in [0.3, 0.4) is 0 Å². The van der Waals surface area contributed by atoms with Crippen molar-refractivity contribution < 1.29 is 21.6 Å². The van der Waals surface area contributed by atoms with E-state index in [1.807, 2.05) is 0 Å². The molecule has 2 N–H and O–H groups in total. The molecular weight excluding hydrogens is 267 g/mol. The van der Waals surface area contributed by atoms with Gasteiger partial charge in [-0.2, -0.15) is 13.2 Å². The Morgan fingerprint density at radius 1 is 1.39 bits per heavy atom. The van der Waals surface area contributed by atoms with Gasteiger partial charge in [0.1, 0.15) is 0 Å². The van der Waals surface area contributed by atoms with E-state index in [0.29, 0.717) is 0 Å². The van der Waals surface area contributed by atoms with Crippen molar-refractivity contribution in [3.8, 4) is 0 Å². The predicted octanol–water partition coefficient (Wildman–Crippen LogP) is 1.92. The first-order chi connectivity index (χ1) is 8.13. The predicted molar refractivity (Wildman–Crippen MR) is 59.9 cm³/mol. The van der Waals surface area contributed by atoms with Crippen LogP contribution in [0.1, 0.15) is 24.0 Å². The lowest BCUT2D eigenvalue weighted by Gasteiger charge is -2.15. The molecule has 0 spiro atoms. The first-order valence-electron chi connectivity index (χ1n) is 5.32. The molecule has 2 unspecified atom stereocenters. The lowest BCUT2D eigenvalue weighted by molar-refractivity contribution is -0.137. The normalized spacial score (nSPS) is 23.7. The summed E-state index contributed by atoms with van der Waals surface area (Å²) >= 11 is 0. The monoisotopic (exact) mass is 279 g/mol. The van der Waals surface area contributed by atoms with Crippen molar-refractivity contribution in [2.75, 3.05) is 5.75 Å². The summed E-state index contributed by atoms with van der Waals surface area (Å²) in [6, 6.07) is 2.20. The maximum absolute atomic E-state index is 12.6. The van der Waals surface area contributed by atoms with Gasteiger partial charge < -0.3 is 5.73 Å². The van der Waals surface area contributed by atoms with Crippen LogP contribution in [0.2, 0.25) is 0 Å². The molecule has 1 aliphatic rings. The number of halogens is 3. The Bertz CT molecular complexity index is 578. The molecule has 0 aliphatic carbocycles. The zero-order valence-electron chi connectivity index (χ0n) is 9.53. The summed E-state index contributed by atoms with van der Waals surface area (Å²) in [6.07, 6.45) is -4.48. The van der Waals surface area contributed by atoms with Gasteiger partial charge in [0.05, 0.1) is 16.2 Å². The maximum atomic E-state index is 12.6. The molecule has 1 heterocycles. The molecular formula is C11H12F3NO2S. The van der Waals surface area contributed by atoms with Crippen LogP contribution in [0.25, 0.3) is 0 Å². The quantitative estimate of drug-likeness (QED) is 0.854. The third-order valence-corrected chi connectivity index (χ3v) is 4.95. The fraction of sp³-hybridized carbons (Fsp3) is 0.455. The van der Waals surface area contributed by atoms with E-state index in [1.54, 1.807) is 6.92 Å². The van der Waals surface area contributed by atoms with E-state index in [1.165, 1.54) is 0 Å². The first-order valence-corrected chi connectivity index (χ1v) is 6.97. The average molecular weight is 279 g/mol. The molecule has 100 valence electrons. The van der Waals surface area contributed by atoms with Gasteiger partial charge in [-0.25, -0.2) is 8.42 Å². The van der Waals surface area contributed by atoms with Crippen LogP contribution in [0.4, 0.5) is 13.2 Å². The summed E-state index contributed by atoms with van der Waals surface area (Å²) in [5.74, 6) is -0.797. The molecule has 0 fully saturated rings. The number of sulfone groups is 1. The highest BCUT2D eigenvalue weighted by atomic mass is 32.2. The largest absolute Gasteiger partial charge is 0.416 e. The van der Waals surface area contributed by atoms with Crippen molar-refractivity contribution in [3.63, 3.8) is 0 Å². The van der Waals surface area contributed by atoms with Gasteiger partial charge in [-0.3, -0.25) is 0 Å². The summed E-state index contributed by atoms with van der Waals surface area (Å²) in [4.78, 5) is -0.0298. The fourth-order valence-electron chi connectivity index (χ4n) is 2.15. The third-order valence-electron chi connectivity index (χ3n) is 3.11. The molecule has 0 bridgehead atoms. The van der Waals surface area contributed by atoms with Gasteiger partial charge in [-0.05, 0) is 30.7 Å². The molecule has 0 aromatic heterocycles. The van der Waals surface area contributed by atoms with Crippen molar-refractivity contribution in [2.45, 2.75) is 30.0 Å². The second-order valence-electron chi connectivity index (χ2n) is 4.50. The van der Waals surface area contributed by atoms with Crippen molar-refractivity contribution in [3.05, 3.63) is 29.3 Å². The average Bonchev–Trinajstić information content (AvgIpc) is 2.49. The summed E-state index contributed by atoms with van der Waals surface area (Å²) in [6.45, 7) is 1.59. The molecule has 3 nitrogen and oxygen atoms in total. The minimum Gasteiger partial charge on any atom is -0.327 e. The number of fused-ring (bicyclic) bond motifs is 1.